The molecule has 0 aliphatic carbocycles. The van der Waals surface area contributed by atoms with Crippen LogP contribution in [-0.4, -0.2) is 12.5 Å². The van der Waals surface area contributed by atoms with Crippen molar-refractivity contribution in [3.8, 4) is 5.75 Å². The monoisotopic (exact) mass is 301 g/mol. The summed E-state index contributed by atoms with van der Waals surface area (Å²) in [5.41, 5.74) is 1.97. The number of amides is 1. The Balaban J connectivity index is 1.63. The van der Waals surface area contributed by atoms with Gasteiger partial charge >= 0.3 is 0 Å². The van der Waals surface area contributed by atoms with Gasteiger partial charge in [0, 0.05) is 23.7 Å². The van der Waals surface area contributed by atoms with Gasteiger partial charge in [-0.2, -0.15) is 0 Å². The van der Waals surface area contributed by atoms with Crippen molar-refractivity contribution in [1.82, 2.24) is 0 Å². The Morgan fingerprint density at radius 1 is 1.14 bits per heavy atom. The molecule has 0 bridgehead atoms. The van der Waals surface area contributed by atoms with E-state index >= 15 is 0 Å². The second-order valence-corrected chi connectivity index (χ2v) is 5.50. The Labute approximate surface area is 129 Å². The van der Waals surface area contributed by atoms with E-state index in [1.807, 2.05) is 53.4 Å². The molecule has 1 saturated heterocycles. The number of benzene rings is 2. The zero-order valence-corrected chi connectivity index (χ0v) is 12.3. The Hall–Kier alpha value is -2.00. The van der Waals surface area contributed by atoms with Crippen LogP contribution in [0.15, 0.2) is 48.5 Å². The molecule has 21 heavy (non-hydrogen) atoms. The van der Waals surface area contributed by atoms with Crippen molar-refractivity contribution in [2.75, 3.05) is 11.4 Å². The molecule has 0 radical (unpaired) electrons. The SMILES string of the molecule is O=C1CCCN1c1ccc(OCc2cccc(Cl)c2)cc1. The topological polar surface area (TPSA) is 29.5 Å². The Bertz CT molecular complexity index is 639. The van der Waals surface area contributed by atoms with Crippen LogP contribution in [0.25, 0.3) is 0 Å². The van der Waals surface area contributed by atoms with Gasteiger partial charge in [0.05, 0.1) is 0 Å². The molecular weight excluding hydrogens is 286 g/mol. The first-order valence-electron chi connectivity index (χ1n) is 7.00. The molecule has 0 aromatic heterocycles. The predicted molar refractivity (Wildman–Crippen MR) is 83.8 cm³/mol. The van der Waals surface area contributed by atoms with E-state index in [0.29, 0.717) is 18.1 Å². The largest absolute Gasteiger partial charge is 0.489 e. The van der Waals surface area contributed by atoms with Gasteiger partial charge in [-0.15, -0.1) is 0 Å². The van der Waals surface area contributed by atoms with E-state index in [0.717, 1.165) is 30.0 Å². The van der Waals surface area contributed by atoms with Gasteiger partial charge in [0.2, 0.25) is 5.91 Å². The molecular formula is C17H16ClNO2. The number of ether oxygens (including phenoxy) is 1. The molecule has 0 N–H and O–H groups in total. The first-order chi connectivity index (χ1) is 10.2. The summed E-state index contributed by atoms with van der Waals surface area (Å²) < 4.78 is 5.73. The first-order valence-corrected chi connectivity index (χ1v) is 7.38. The van der Waals surface area contributed by atoms with Crippen molar-refractivity contribution in [3.05, 3.63) is 59.1 Å². The summed E-state index contributed by atoms with van der Waals surface area (Å²) in [4.78, 5) is 13.5. The van der Waals surface area contributed by atoms with E-state index in [4.69, 9.17) is 16.3 Å². The molecule has 1 fully saturated rings. The van der Waals surface area contributed by atoms with Crippen LogP contribution in [0.3, 0.4) is 0 Å². The summed E-state index contributed by atoms with van der Waals surface area (Å²) in [6.45, 7) is 1.28. The lowest BCUT2D eigenvalue weighted by atomic mass is 10.2. The van der Waals surface area contributed by atoms with Gasteiger partial charge in [0.15, 0.2) is 0 Å². The van der Waals surface area contributed by atoms with E-state index in [1.165, 1.54) is 0 Å². The third-order valence-corrected chi connectivity index (χ3v) is 3.75. The van der Waals surface area contributed by atoms with Gasteiger partial charge in [-0.1, -0.05) is 23.7 Å². The lowest BCUT2D eigenvalue weighted by Crippen LogP contribution is -2.23. The maximum absolute atomic E-state index is 11.7. The number of anilines is 1. The number of rotatable bonds is 4. The number of carbonyl (C=O) groups excluding carboxylic acids is 1. The molecule has 108 valence electrons. The van der Waals surface area contributed by atoms with Gasteiger partial charge in [-0.05, 0) is 48.4 Å². The van der Waals surface area contributed by atoms with Gasteiger partial charge in [-0.25, -0.2) is 0 Å². The lowest BCUT2D eigenvalue weighted by Gasteiger charge is -2.16. The van der Waals surface area contributed by atoms with E-state index in [-0.39, 0.29) is 5.91 Å². The smallest absolute Gasteiger partial charge is 0.227 e. The quantitative estimate of drug-likeness (QED) is 0.853. The minimum atomic E-state index is 0.197. The number of hydrogen-bond acceptors (Lipinski definition) is 2. The second-order valence-electron chi connectivity index (χ2n) is 5.06. The Morgan fingerprint density at radius 3 is 2.62 bits per heavy atom. The number of hydrogen-bond donors (Lipinski definition) is 0. The summed E-state index contributed by atoms with van der Waals surface area (Å²) in [6, 6.07) is 15.3. The van der Waals surface area contributed by atoms with E-state index in [9.17, 15) is 4.79 Å². The zero-order valence-electron chi connectivity index (χ0n) is 11.6. The van der Waals surface area contributed by atoms with Crippen molar-refractivity contribution < 1.29 is 9.53 Å². The molecule has 2 aromatic carbocycles. The molecule has 0 saturated carbocycles. The van der Waals surface area contributed by atoms with Crippen LogP contribution in [0.4, 0.5) is 5.69 Å². The highest BCUT2D eigenvalue weighted by atomic mass is 35.5. The van der Waals surface area contributed by atoms with Crippen molar-refractivity contribution in [2.45, 2.75) is 19.4 Å². The van der Waals surface area contributed by atoms with Crippen molar-refractivity contribution in [1.29, 1.82) is 0 Å². The van der Waals surface area contributed by atoms with Crippen LogP contribution in [0.2, 0.25) is 5.02 Å². The molecule has 0 atom stereocenters. The summed E-state index contributed by atoms with van der Waals surface area (Å²) in [6.07, 6.45) is 1.58. The number of carbonyl (C=O) groups is 1. The minimum absolute atomic E-state index is 0.197. The summed E-state index contributed by atoms with van der Waals surface area (Å²) >= 11 is 5.94. The van der Waals surface area contributed by atoms with E-state index in [2.05, 4.69) is 0 Å². The molecule has 0 unspecified atom stereocenters. The molecule has 1 aliphatic heterocycles. The van der Waals surface area contributed by atoms with E-state index < -0.39 is 0 Å². The molecule has 3 rings (SSSR count). The third-order valence-electron chi connectivity index (χ3n) is 3.52. The van der Waals surface area contributed by atoms with Crippen LogP contribution in [0.1, 0.15) is 18.4 Å². The highest BCUT2D eigenvalue weighted by Gasteiger charge is 2.21. The molecule has 4 heteroatoms. The summed E-state index contributed by atoms with van der Waals surface area (Å²) in [7, 11) is 0. The molecule has 2 aromatic rings. The normalized spacial score (nSPS) is 14.5. The Kier molecular flexibility index (Phi) is 4.11. The maximum atomic E-state index is 11.7. The first kappa shape index (κ1) is 14.0. The fourth-order valence-electron chi connectivity index (χ4n) is 2.44. The standard InChI is InChI=1S/C17H16ClNO2/c18-14-4-1-3-13(11-14)12-21-16-8-6-15(7-9-16)19-10-2-5-17(19)20/h1,3-4,6-9,11H,2,5,10,12H2. The minimum Gasteiger partial charge on any atom is -0.489 e. The molecule has 1 amide bonds. The van der Waals surface area contributed by atoms with E-state index in [1.54, 1.807) is 0 Å². The molecule has 1 aliphatic rings. The van der Waals surface area contributed by atoms with Gasteiger partial charge in [0.25, 0.3) is 0 Å². The van der Waals surface area contributed by atoms with Crippen LogP contribution in [-0.2, 0) is 11.4 Å². The second kappa shape index (κ2) is 6.19. The molecule has 1 heterocycles. The zero-order chi connectivity index (χ0) is 14.7. The number of halogens is 1. The van der Waals surface area contributed by atoms with Crippen LogP contribution >= 0.6 is 11.6 Å². The van der Waals surface area contributed by atoms with Crippen LogP contribution < -0.4 is 9.64 Å². The summed E-state index contributed by atoms with van der Waals surface area (Å²) in [5.74, 6) is 0.980. The van der Waals surface area contributed by atoms with Gasteiger partial charge < -0.3 is 9.64 Å². The van der Waals surface area contributed by atoms with Crippen LogP contribution in [0.5, 0.6) is 5.75 Å². The maximum Gasteiger partial charge on any atom is 0.227 e. The average molecular weight is 302 g/mol. The number of nitrogens with zero attached hydrogens (tertiary/aromatic N) is 1. The molecule has 0 spiro atoms. The third kappa shape index (κ3) is 3.37. The average Bonchev–Trinajstić information content (AvgIpc) is 2.92. The fraction of sp³-hybridized carbons (Fsp3) is 0.235. The van der Waals surface area contributed by atoms with Crippen molar-refractivity contribution in [2.24, 2.45) is 0 Å². The fourth-order valence-corrected chi connectivity index (χ4v) is 2.65. The lowest BCUT2D eigenvalue weighted by molar-refractivity contribution is -0.117. The van der Waals surface area contributed by atoms with Crippen LogP contribution in [0, 0.1) is 0 Å². The Morgan fingerprint density at radius 2 is 1.95 bits per heavy atom. The van der Waals surface area contributed by atoms with Gasteiger partial charge in [-0.3, -0.25) is 4.79 Å². The van der Waals surface area contributed by atoms with Gasteiger partial charge in [0.1, 0.15) is 12.4 Å². The van der Waals surface area contributed by atoms with Crippen molar-refractivity contribution >= 4 is 23.2 Å². The summed E-state index contributed by atoms with van der Waals surface area (Å²) in [5, 5.41) is 0.707. The highest BCUT2D eigenvalue weighted by molar-refractivity contribution is 6.30. The highest BCUT2D eigenvalue weighted by Crippen LogP contribution is 2.24. The van der Waals surface area contributed by atoms with Crippen molar-refractivity contribution in [3.63, 3.8) is 0 Å². The predicted octanol–water partition coefficient (Wildman–Crippen LogP) is 4.05. The molecule has 3 nitrogen and oxygen atoms in total.